The molecule has 4 heteroatoms. The van der Waals surface area contributed by atoms with Crippen molar-refractivity contribution >= 4 is 11.6 Å². The van der Waals surface area contributed by atoms with Crippen molar-refractivity contribution in [2.75, 3.05) is 0 Å². The number of rotatable bonds is 11. The molecule has 0 aromatic rings. The maximum absolute atomic E-state index is 12.1. The van der Waals surface area contributed by atoms with Gasteiger partial charge in [-0.2, -0.15) is 0 Å². The van der Waals surface area contributed by atoms with Gasteiger partial charge in [0.25, 0.3) is 0 Å². The third kappa shape index (κ3) is 10.0. The van der Waals surface area contributed by atoms with Crippen molar-refractivity contribution in [3.8, 4) is 0 Å². The van der Waals surface area contributed by atoms with Crippen LogP contribution in [0.5, 0.6) is 0 Å². The maximum Gasteiger partial charge on any atom is 0.185 e. The predicted molar refractivity (Wildman–Crippen MR) is 128 cm³/mol. The van der Waals surface area contributed by atoms with E-state index in [-0.39, 0.29) is 11.6 Å². The van der Waals surface area contributed by atoms with Gasteiger partial charge in [-0.3, -0.25) is 9.59 Å². The van der Waals surface area contributed by atoms with Crippen LogP contribution in [-0.2, 0) is 9.59 Å². The number of carbonyl (C=O) groups excluding carboxylic acids is 2. The highest BCUT2D eigenvalue weighted by Crippen LogP contribution is 2.19. The van der Waals surface area contributed by atoms with Crippen LogP contribution >= 0.6 is 0 Å². The van der Waals surface area contributed by atoms with Crippen LogP contribution in [-0.4, -0.2) is 34.0 Å². The third-order valence-corrected chi connectivity index (χ3v) is 5.34. The molecule has 2 atom stereocenters. The van der Waals surface area contributed by atoms with Gasteiger partial charge in [-0.25, -0.2) is 0 Å². The van der Waals surface area contributed by atoms with Gasteiger partial charge in [-0.05, 0) is 91.4 Å². The van der Waals surface area contributed by atoms with Gasteiger partial charge in [0.2, 0.25) is 0 Å². The molecule has 0 amide bonds. The Kier molecular flexibility index (Phi) is 11.4. The van der Waals surface area contributed by atoms with Crippen LogP contribution in [0.15, 0.2) is 69.9 Å². The first-order valence-corrected chi connectivity index (χ1v) is 11.0. The molecular formula is C27H38O4. The minimum absolute atomic E-state index is 0.0688. The Morgan fingerprint density at radius 2 is 1.52 bits per heavy atom. The van der Waals surface area contributed by atoms with Gasteiger partial charge >= 0.3 is 0 Å². The molecule has 0 aliphatic heterocycles. The summed E-state index contributed by atoms with van der Waals surface area (Å²) in [6, 6.07) is 0. The second-order valence-electron chi connectivity index (χ2n) is 8.74. The Balaban J connectivity index is 2.55. The minimum Gasteiger partial charge on any atom is -0.386 e. The molecule has 1 aliphatic rings. The van der Waals surface area contributed by atoms with Gasteiger partial charge in [-0.15, -0.1) is 0 Å². The summed E-state index contributed by atoms with van der Waals surface area (Å²) in [6.45, 7) is 11.6. The molecule has 0 saturated heterocycles. The van der Waals surface area contributed by atoms with Crippen molar-refractivity contribution in [2.45, 2.75) is 85.9 Å². The number of hydrogen-bond donors (Lipinski definition) is 2. The Morgan fingerprint density at radius 3 is 2.16 bits per heavy atom. The van der Waals surface area contributed by atoms with Crippen molar-refractivity contribution < 1.29 is 19.8 Å². The number of allylic oxidation sites excluding steroid dienone is 10. The summed E-state index contributed by atoms with van der Waals surface area (Å²) < 4.78 is 0. The summed E-state index contributed by atoms with van der Waals surface area (Å²) in [7, 11) is 0. The summed E-state index contributed by atoms with van der Waals surface area (Å²) in [5.74, 6) is -0.203. The average molecular weight is 427 g/mol. The molecule has 1 rings (SSSR count). The normalized spacial score (nSPS) is 17.9. The van der Waals surface area contributed by atoms with E-state index >= 15 is 0 Å². The standard InChI is InChI=1S/C27H38O4/c1-18(2)9-7-11-20(4)15-25(29)27(31)21(5)12-8-10-19(3)13-14-23-17-24(28)16-22(6)26(23)30/h9,12-13,15-17,25,27,29,31H,7-8,10-11,14H2,1-6H3/b19-13+,20-15+,21-12?. The summed E-state index contributed by atoms with van der Waals surface area (Å²) in [6.07, 6.45) is 12.5. The zero-order valence-electron chi connectivity index (χ0n) is 19.9. The van der Waals surface area contributed by atoms with E-state index in [1.165, 1.54) is 17.7 Å². The lowest BCUT2D eigenvalue weighted by Gasteiger charge is -2.17. The van der Waals surface area contributed by atoms with Gasteiger partial charge in [0.05, 0.1) is 0 Å². The molecule has 0 spiro atoms. The van der Waals surface area contributed by atoms with E-state index in [4.69, 9.17) is 0 Å². The quantitative estimate of drug-likeness (QED) is 0.338. The fraction of sp³-hybridized carbons (Fsp3) is 0.481. The molecule has 0 fully saturated rings. The minimum atomic E-state index is -0.923. The number of carbonyl (C=O) groups is 2. The Hall–Kier alpha value is -2.30. The van der Waals surface area contributed by atoms with E-state index in [1.807, 2.05) is 32.9 Å². The van der Waals surface area contributed by atoms with E-state index in [0.29, 0.717) is 17.6 Å². The van der Waals surface area contributed by atoms with Gasteiger partial charge in [0.1, 0.15) is 12.2 Å². The van der Waals surface area contributed by atoms with Crippen LogP contribution in [0, 0.1) is 0 Å². The zero-order valence-corrected chi connectivity index (χ0v) is 19.9. The van der Waals surface area contributed by atoms with Crippen molar-refractivity contribution in [1.82, 2.24) is 0 Å². The maximum atomic E-state index is 12.1. The molecule has 2 N–H and O–H groups in total. The lowest BCUT2D eigenvalue weighted by Crippen LogP contribution is -2.25. The van der Waals surface area contributed by atoms with Gasteiger partial charge in [-0.1, -0.05) is 41.0 Å². The first kappa shape index (κ1) is 26.7. The third-order valence-electron chi connectivity index (χ3n) is 5.34. The molecule has 0 bridgehead atoms. The second-order valence-corrected chi connectivity index (χ2v) is 8.74. The summed E-state index contributed by atoms with van der Waals surface area (Å²) in [5, 5.41) is 20.7. The van der Waals surface area contributed by atoms with Gasteiger partial charge in [0, 0.05) is 11.1 Å². The SMILES string of the molecule is CC(C)=CCC/C(C)=C/C(O)C(O)C(C)=CCC/C(C)=C/CC1=CC(=O)C=C(C)C1=O. The van der Waals surface area contributed by atoms with Crippen LogP contribution in [0.2, 0.25) is 0 Å². The van der Waals surface area contributed by atoms with Crippen molar-refractivity contribution in [3.63, 3.8) is 0 Å². The summed E-state index contributed by atoms with van der Waals surface area (Å²) in [4.78, 5) is 23.7. The monoisotopic (exact) mass is 426 g/mol. The molecule has 170 valence electrons. The first-order chi connectivity index (χ1) is 14.5. The average Bonchev–Trinajstić information content (AvgIpc) is 2.68. The predicted octanol–water partition coefficient (Wildman–Crippen LogP) is 5.49. The van der Waals surface area contributed by atoms with E-state index < -0.39 is 12.2 Å². The van der Waals surface area contributed by atoms with Crippen molar-refractivity contribution in [3.05, 3.63) is 69.9 Å². The van der Waals surface area contributed by atoms with Gasteiger partial charge in [0.15, 0.2) is 11.6 Å². The number of ketones is 2. The van der Waals surface area contributed by atoms with E-state index in [0.717, 1.165) is 42.4 Å². The first-order valence-electron chi connectivity index (χ1n) is 11.0. The highest BCUT2D eigenvalue weighted by Gasteiger charge is 2.17. The molecular weight excluding hydrogens is 388 g/mol. The molecule has 0 aromatic heterocycles. The Morgan fingerprint density at radius 1 is 0.903 bits per heavy atom. The molecule has 0 saturated carbocycles. The van der Waals surface area contributed by atoms with E-state index in [2.05, 4.69) is 19.9 Å². The molecule has 4 nitrogen and oxygen atoms in total. The lowest BCUT2D eigenvalue weighted by atomic mass is 9.94. The van der Waals surface area contributed by atoms with Crippen LogP contribution in [0.25, 0.3) is 0 Å². The van der Waals surface area contributed by atoms with Crippen LogP contribution in [0.1, 0.15) is 73.6 Å². The molecule has 31 heavy (non-hydrogen) atoms. The number of aliphatic hydroxyl groups is 2. The lowest BCUT2D eigenvalue weighted by molar-refractivity contribution is -0.115. The van der Waals surface area contributed by atoms with E-state index in [9.17, 15) is 19.8 Å². The smallest absolute Gasteiger partial charge is 0.185 e. The fourth-order valence-electron chi connectivity index (χ4n) is 3.32. The van der Waals surface area contributed by atoms with Crippen LogP contribution in [0.3, 0.4) is 0 Å². The summed E-state index contributed by atoms with van der Waals surface area (Å²) in [5.41, 5.74) is 5.21. The molecule has 0 radical (unpaired) electrons. The van der Waals surface area contributed by atoms with Crippen LogP contribution in [0.4, 0.5) is 0 Å². The van der Waals surface area contributed by atoms with Gasteiger partial charge < -0.3 is 10.2 Å². The van der Waals surface area contributed by atoms with Crippen LogP contribution < -0.4 is 0 Å². The summed E-state index contributed by atoms with van der Waals surface area (Å²) >= 11 is 0. The Bertz CT molecular complexity index is 842. The van der Waals surface area contributed by atoms with E-state index in [1.54, 1.807) is 13.0 Å². The molecule has 0 heterocycles. The number of Topliss-reactive ketones (excluding diaryl/α,β-unsaturated/α-hetero) is 1. The van der Waals surface area contributed by atoms with Crippen molar-refractivity contribution in [2.24, 2.45) is 0 Å². The largest absolute Gasteiger partial charge is 0.386 e. The topological polar surface area (TPSA) is 74.6 Å². The highest BCUT2D eigenvalue weighted by atomic mass is 16.3. The Labute approximate surface area is 187 Å². The molecule has 1 aliphatic carbocycles. The molecule has 0 aromatic carbocycles. The van der Waals surface area contributed by atoms with Crippen molar-refractivity contribution in [1.29, 1.82) is 0 Å². The molecule has 2 unspecified atom stereocenters. The number of hydrogen-bond acceptors (Lipinski definition) is 4. The fourth-order valence-corrected chi connectivity index (χ4v) is 3.32. The highest BCUT2D eigenvalue weighted by molar-refractivity contribution is 6.20. The second kappa shape index (κ2) is 13.2. The zero-order chi connectivity index (χ0) is 23.6. The number of aliphatic hydroxyl groups excluding tert-OH is 2.